The van der Waals surface area contributed by atoms with Gasteiger partial charge in [-0.1, -0.05) is 23.4 Å². The predicted molar refractivity (Wildman–Crippen MR) is 80.0 cm³/mol. The van der Waals surface area contributed by atoms with Crippen LogP contribution in [0, 0.1) is 6.92 Å². The van der Waals surface area contributed by atoms with Crippen LogP contribution < -0.4 is 10.6 Å². The minimum atomic E-state index is 0.120. The van der Waals surface area contributed by atoms with Gasteiger partial charge in [0, 0.05) is 36.7 Å². The lowest BCUT2D eigenvalue weighted by Crippen LogP contribution is -2.18. The molecule has 0 amide bonds. The summed E-state index contributed by atoms with van der Waals surface area (Å²) in [6.07, 6.45) is 1.80. The highest BCUT2D eigenvalue weighted by Crippen LogP contribution is 2.16. The van der Waals surface area contributed by atoms with E-state index >= 15 is 0 Å². The van der Waals surface area contributed by atoms with E-state index in [9.17, 15) is 0 Å². The molecule has 5 nitrogen and oxygen atoms in total. The number of nitrogens with zero attached hydrogens (tertiary/aromatic N) is 3. The molecule has 0 saturated heterocycles. The van der Waals surface area contributed by atoms with Gasteiger partial charge in [0.25, 0.3) is 0 Å². The van der Waals surface area contributed by atoms with Crippen molar-refractivity contribution in [2.75, 3.05) is 11.9 Å². The molecule has 0 bridgehead atoms. The smallest absolute Gasteiger partial charge is 0.170 e. The van der Waals surface area contributed by atoms with Gasteiger partial charge in [-0.05, 0) is 30.7 Å². The number of aryl methyl sites for hydroxylation is 1. The summed E-state index contributed by atoms with van der Waals surface area (Å²) in [6.45, 7) is 2.70. The topological polar surface area (TPSA) is 74.7 Å². The summed E-state index contributed by atoms with van der Waals surface area (Å²) in [4.78, 5) is 6.32. The molecule has 0 saturated carbocycles. The molecule has 2 rings (SSSR count). The minimum Gasteiger partial charge on any atom is -0.409 e. The summed E-state index contributed by atoms with van der Waals surface area (Å²) in [7, 11) is 2.02. The first-order valence-electron chi connectivity index (χ1n) is 6.31. The van der Waals surface area contributed by atoms with Gasteiger partial charge < -0.3 is 15.8 Å². The van der Waals surface area contributed by atoms with Gasteiger partial charge in [0.05, 0.1) is 0 Å². The number of amidine groups is 1. The maximum Gasteiger partial charge on any atom is 0.170 e. The number of hydrogen-bond donors (Lipinski definition) is 2. The van der Waals surface area contributed by atoms with Crippen LogP contribution in [-0.2, 0) is 6.54 Å². The number of oxime groups is 1. The number of aromatic nitrogens is 1. The first-order chi connectivity index (χ1) is 9.60. The van der Waals surface area contributed by atoms with Crippen molar-refractivity contribution in [3.63, 3.8) is 0 Å². The molecule has 0 fully saturated rings. The van der Waals surface area contributed by atoms with E-state index in [1.165, 1.54) is 0 Å². The van der Waals surface area contributed by atoms with Crippen molar-refractivity contribution in [1.82, 2.24) is 4.98 Å². The highest BCUT2D eigenvalue weighted by Gasteiger charge is 2.05. The molecule has 0 unspecified atom stereocenters. The van der Waals surface area contributed by atoms with E-state index in [1.807, 2.05) is 50.4 Å². The summed E-state index contributed by atoms with van der Waals surface area (Å²) in [5.74, 6) is 0.120. The van der Waals surface area contributed by atoms with Crippen LogP contribution in [0.4, 0.5) is 5.69 Å². The van der Waals surface area contributed by atoms with Crippen LogP contribution in [0.15, 0.2) is 47.8 Å². The zero-order valence-corrected chi connectivity index (χ0v) is 11.6. The lowest BCUT2D eigenvalue weighted by atomic mass is 10.1. The van der Waals surface area contributed by atoms with Crippen molar-refractivity contribution in [3.05, 3.63) is 59.4 Å². The van der Waals surface area contributed by atoms with Crippen molar-refractivity contribution in [1.29, 1.82) is 0 Å². The fraction of sp³-hybridized carbons (Fsp3) is 0.200. The van der Waals surface area contributed by atoms with Gasteiger partial charge in [0.15, 0.2) is 5.84 Å². The zero-order chi connectivity index (χ0) is 14.5. The zero-order valence-electron chi connectivity index (χ0n) is 11.6. The van der Waals surface area contributed by atoms with E-state index in [4.69, 9.17) is 10.9 Å². The van der Waals surface area contributed by atoms with Gasteiger partial charge in [-0.25, -0.2) is 0 Å². The van der Waals surface area contributed by atoms with Gasteiger partial charge in [0.2, 0.25) is 0 Å². The van der Waals surface area contributed by atoms with Gasteiger partial charge in [0.1, 0.15) is 0 Å². The van der Waals surface area contributed by atoms with Gasteiger partial charge in [-0.15, -0.1) is 0 Å². The van der Waals surface area contributed by atoms with Crippen molar-refractivity contribution >= 4 is 11.5 Å². The standard InChI is InChI=1S/C15H18N4O/c1-11-8-14(6-7-17-11)19(2)10-12-4-3-5-13(9-12)15(16)18-20/h3-9,20H,10H2,1-2H3,(H2,16,18). The lowest BCUT2D eigenvalue weighted by molar-refractivity contribution is 0.318. The largest absolute Gasteiger partial charge is 0.409 e. The first-order valence-corrected chi connectivity index (χ1v) is 6.31. The Labute approximate surface area is 118 Å². The van der Waals surface area contributed by atoms with Crippen LogP contribution in [0.3, 0.4) is 0 Å². The Hall–Kier alpha value is -2.56. The highest BCUT2D eigenvalue weighted by atomic mass is 16.4. The Morgan fingerprint density at radius 3 is 2.85 bits per heavy atom. The number of rotatable bonds is 4. The second-order valence-corrected chi connectivity index (χ2v) is 4.70. The van der Waals surface area contributed by atoms with E-state index in [1.54, 1.807) is 6.20 Å². The molecule has 20 heavy (non-hydrogen) atoms. The van der Waals surface area contributed by atoms with Crippen LogP contribution >= 0.6 is 0 Å². The third kappa shape index (κ3) is 3.26. The number of pyridine rings is 1. The summed E-state index contributed by atoms with van der Waals surface area (Å²) in [5, 5.41) is 11.7. The summed E-state index contributed by atoms with van der Waals surface area (Å²) in [6, 6.07) is 11.6. The fourth-order valence-corrected chi connectivity index (χ4v) is 2.02. The van der Waals surface area contributed by atoms with Crippen LogP contribution in [0.25, 0.3) is 0 Å². The van der Waals surface area contributed by atoms with Crippen molar-refractivity contribution in [2.45, 2.75) is 13.5 Å². The van der Waals surface area contributed by atoms with Crippen molar-refractivity contribution in [2.24, 2.45) is 10.9 Å². The Bertz CT molecular complexity index is 625. The van der Waals surface area contributed by atoms with Crippen LogP contribution in [-0.4, -0.2) is 23.1 Å². The summed E-state index contributed by atoms with van der Waals surface area (Å²) in [5.41, 5.74) is 9.49. The van der Waals surface area contributed by atoms with Gasteiger partial charge in [-0.2, -0.15) is 0 Å². The molecule has 1 heterocycles. The van der Waals surface area contributed by atoms with E-state index in [0.717, 1.165) is 23.5 Å². The molecule has 104 valence electrons. The summed E-state index contributed by atoms with van der Waals surface area (Å²) < 4.78 is 0. The van der Waals surface area contributed by atoms with Gasteiger partial charge in [-0.3, -0.25) is 4.98 Å². The number of hydrogen-bond acceptors (Lipinski definition) is 4. The molecule has 0 aliphatic rings. The maximum atomic E-state index is 8.72. The molecule has 0 aliphatic heterocycles. The van der Waals surface area contributed by atoms with Crippen LogP contribution in [0.2, 0.25) is 0 Å². The molecule has 0 radical (unpaired) electrons. The average Bonchev–Trinajstić information content (AvgIpc) is 2.46. The van der Waals surface area contributed by atoms with E-state index in [0.29, 0.717) is 5.56 Å². The SMILES string of the molecule is Cc1cc(N(C)Cc2cccc(/C(N)=N/O)c2)ccn1. The molecular weight excluding hydrogens is 252 g/mol. The minimum absolute atomic E-state index is 0.120. The van der Waals surface area contributed by atoms with E-state index in [-0.39, 0.29) is 5.84 Å². The van der Waals surface area contributed by atoms with Crippen molar-refractivity contribution < 1.29 is 5.21 Å². The molecule has 0 spiro atoms. The summed E-state index contributed by atoms with van der Waals surface area (Å²) >= 11 is 0. The molecule has 2 aromatic rings. The molecule has 5 heteroatoms. The fourth-order valence-electron chi connectivity index (χ4n) is 2.02. The average molecular weight is 270 g/mol. The van der Waals surface area contributed by atoms with Crippen LogP contribution in [0.5, 0.6) is 0 Å². The Morgan fingerprint density at radius 2 is 2.15 bits per heavy atom. The predicted octanol–water partition coefficient (Wildman–Crippen LogP) is 2.12. The van der Waals surface area contributed by atoms with E-state index < -0.39 is 0 Å². The second kappa shape index (κ2) is 6.06. The highest BCUT2D eigenvalue weighted by molar-refractivity contribution is 5.97. The second-order valence-electron chi connectivity index (χ2n) is 4.70. The van der Waals surface area contributed by atoms with Crippen LogP contribution in [0.1, 0.15) is 16.8 Å². The Kier molecular flexibility index (Phi) is 4.20. The van der Waals surface area contributed by atoms with E-state index in [2.05, 4.69) is 15.0 Å². The molecule has 0 atom stereocenters. The third-order valence-corrected chi connectivity index (χ3v) is 3.07. The maximum absolute atomic E-state index is 8.72. The molecule has 1 aromatic heterocycles. The Balaban J connectivity index is 2.17. The number of anilines is 1. The quantitative estimate of drug-likeness (QED) is 0.386. The lowest BCUT2D eigenvalue weighted by Gasteiger charge is -2.20. The number of nitrogens with two attached hydrogens (primary N) is 1. The monoisotopic (exact) mass is 270 g/mol. The number of benzene rings is 1. The molecule has 0 aliphatic carbocycles. The first kappa shape index (κ1) is 13.9. The third-order valence-electron chi connectivity index (χ3n) is 3.07. The molecule has 1 aromatic carbocycles. The normalized spacial score (nSPS) is 11.4. The van der Waals surface area contributed by atoms with Gasteiger partial charge >= 0.3 is 0 Å². The molecular formula is C15H18N4O. The Morgan fingerprint density at radius 1 is 1.35 bits per heavy atom. The molecule has 3 N–H and O–H groups in total. The van der Waals surface area contributed by atoms with Crippen molar-refractivity contribution in [3.8, 4) is 0 Å².